The Balaban J connectivity index is 1.29. The van der Waals surface area contributed by atoms with Crippen molar-refractivity contribution in [3.05, 3.63) is 47.5 Å². The van der Waals surface area contributed by atoms with Crippen LogP contribution < -0.4 is 10.1 Å². The third kappa shape index (κ3) is 3.09. The number of imidazole rings is 1. The van der Waals surface area contributed by atoms with Gasteiger partial charge in [-0.05, 0) is 48.9 Å². The van der Waals surface area contributed by atoms with Crippen molar-refractivity contribution in [3.63, 3.8) is 0 Å². The van der Waals surface area contributed by atoms with Crippen LogP contribution in [0.3, 0.4) is 0 Å². The number of aryl methyl sites for hydroxylation is 3. The number of nitrogens with one attached hydrogen (secondary N) is 1. The van der Waals surface area contributed by atoms with E-state index in [-0.39, 0.29) is 18.6 Å². The molecule has 23 heavy (non-hydrogen) atoms. The van der Waals surface area contributed by atoms with Crippen molar-refractivity contribution < 1.29 is 9.53 Å². The minimum Gasteiger partial charge on any atom is -0.484 e. The molecule has 0 saturated heterocycles. The molecule has 0 unspecified atom stereocenters. The molecule has 1 aromatic carbocycles. The smallest absolute Gasteiger partial charge is 0.258 e. The molecular formula is C18H21N3O2. The number of fused-ring (bicyclic) bond motifs is 2. The number of aromatic nitrogens is 2. The molecule has 1 N–H and O–H groups in total. The van der Waals surface area contributed by atoms with Crippen LogP contribution in [0.15, 0.2) is 30.6 Å². The Morgan fingerprint density at radius 2 is 2.22 bits per heavy atom. The lowest BCUT2D eigenvalue weighted by Gasteiger charge is -2.24. The number of nitrogens with zero attached hydrogens (tertiary/aromatic N) is 2. The van der Waals surface area contributed by atoms with Crippen molar-refractivity contribution >= 4 is 5.91 Å². The Bertz CT molecular complexity index is 723. The van der Waals surface area contributed by atoms with Gasteiger partial charge in [-0.1, -0.05) is 6.07 Å². The zero-order valence-electron chi connectivity index (χ0n) is 13.1. The van der Waals surface area contributed by atoms with Crippen molar-refractivity contribution in [2.45, 2.75) is 44.7 Å². The summed E-state index contributed by atoms with van der Waals surface area (Å²) in [6, 6.07) is 6.33. The molecule has 0 radical (unpaired) electrons. The van der Waals surface area contributed by atoms with Crippen LogP contribution in [0, 0.1) is 0 Å². The molecule has 1 aliphatic carbocycles. The highest BCUT2D eigenvalue weighted by Gasteiger charge is 2.20. The summed E-state index contributed by atoms with van der Waals surface area (Å²) in [6.45, 7) is 0.867. The van der Waals surface area contributed by atoms with Gasteiger partial charge >= 0.3 is 0 Å². The van der Waals surface area contributed by atoms with Crippen LogP contribution in [0.1, 0.15) is 29.8 Å². The van der Waals surface area contributed by atoms with Gasteiger partial charge in [0.05, 0.1) is 0 Å². The fourth-order valence-electron chi connectivity index (χ4n) is 3.54. The third-order valence-electron chi connectivity index (χ3n) is 4.74. The molecule has 0 fully saturated rings. The Hall–Kier alpha value is -2.30. The quantitative estimate of drug-likeness (QED) is 0.938. The van der Waals surface area contributed by atoms with Gasteiger partial charge in [0.25, 0.3) is 5.91 Å². The minimum atomic E-state index is -0.0564. The van der Waals surface area contributed by atoms with Gasteiger partial charge in [-0.3, -0.25) is 4.79 Å². The second-order valence-electron chi connectivity index (χ2n) is 6.37. The van der Waals surface area contributed by atoms with Crippen LogP contribution in [0.25, 0.3) is 0 Å². The van der Waals surface area contributed by atoms with Crippen LogP contribution >= 0.6 is 0 Å². The fraction of sp³-hybridized carbons (Fsp3) is 0.444. The third-order valence-corrected chi connectivity index (χ3v) is 4.74. The highest BCUT2D eigenvalue weighted by molar-refractivity contribution is 5.77. The first-order valence-electron chi connectivity index (χ1n) is 8.32. The van der Waals surface area contributed by atoms with Gasteiger partial charge in [-0.15, -0.1) is 0 Å². The van der Waals surface area contributed by atoms with Crippen molar-refractivity contribution in [1.29, 1.82) is 0 Å². The van der Waals surface area contributed by atoms with Crippen molar-refractivity contribution in [3.8, 4) is 5.75 Å². The zero-order chi connectivity index (χ0) is 15.6. The molecule has 2 heterocycles. The summed E-state index contributed by atoms with van der Waals surface area (Å²) in [4.78, 5) is 16.4. The molecule has 120 valence electrons. The maximum Gasteiger partial charge on any atom is 0.258 e. The Labute approximate surface area is 135 Å². The van der Waals surface area contributed by atoms with Crippen molar-refractivity contribution in [1.82, 2.24) is 14.9 Å². The molecule has 2 aromatic rings. The van der Waals surface area contributed by atoms with Gasteiger partial charge in [-0.25, -0.2) is 4.98 Å². The first kappa shape index (κ1) is 14.3. The summed E-state index contributed by atoms with van der Waals surface area (Å²) < 4.78 is 7.76. The van der Waals surface area contributed by atoms with Gasteiger partial charge in [0.15, 0.2) is 6.61 Å². The first-order chi connectivity index (χ1) is 11.3. The second kappa shape index (κ2) is 6.07. The number of amides is 1. The van der Waals surface area contributed by atoms with Gasteiger partial charge < -0.3 is 14.6 Å². The standard InChI is InChI=1S/C18H21N3O2/c22-18(20-15-5-7-17-19-8-9-21(17)11-15)12-23-16-6-4-13-2-1-3-14(13)10-16/h4,6,8-10,15H,1-3,5,7,11-12H2,(H,20,22)/t15-/m0/s1. The molecule has 4 rings (SSSR count). The lowest BCUT2D eigenvalue weighted by molar-refractivity contribution is -0.124. The Kier molecular flexibility index (Phi) is 3.77. The van der Waals surface area contributed by atoms with E-state index in [0.717, 1.165) is 43.8 Å². The van der Waals surface area contributed by atoms with E-state index in [1.807, 2.05) is 18.5 Å². The average molecular weight is 311 g/mol. The number of benzene rings is 1. The summed E-state index contributed by atoms with van der Waals surface area (Å²) >= 11 is 0. The van der Waals surface area contributed by atoms with Crippen LogP contribution in [0.5, 0.6) is 5.75 Å². The number of ether oxygens (including phenoxy) is 1. The van der Waals surface area contributed by atoms with Gasteiger partial charge in [0.2, 0.25) is 0 Å². The first-order valence-corrected chi connectivity index (χ1v) is 8.32. The summed E-state index contributed by atoms with van der Waals surface area (Å²) in [5.74, 6) is 1.84. The Morgan fingerprint density at radius 3 is 3.17 bits per heavy atom. The summed E-state index contributed by atoms with van der Waals surface area (Å²) in [6.07, 6.45) is 9.12. The number of hydrogen-bond donors (Lipinski definition) is 1. The van der Waals surface area contributed by atoms with E-state index >= 15 is 0 Å². The molecule has 0 spiro atoms. The molecule has 2 aliphatic rings. The van der Waals surface area contributed by atoms with E-state index < -0.39 is 0 Å². The van der Waals surface area contributed by atoms with Gasteiger partial charge in [-0.2, -0.15) is 0 Å². The van der Waals surface area contributed by atoms with E-state index in [1.165, 1.54) is 17.5 Å². The summed E-state index contributed by atoms with van der Waals surface area (Å²) in [5, 5.41) is 3.06. The minimum absolute atomic E-state index is 0.0564. The van der Waals surface area contributed by atoms with Crippen LogP contribution in [0.4, 0.5) is 0 Å². The fourth-order valence-corrected chi connectivity index (χ4v) is 3.54. The maximum atomic E-state index is 12.1. The molecule has 1 aromatic heterocycles. The predicted octanol–water partition coefficient (Wildman–Crippen LogP) is 1.88. The highest BCUT2D eigenvalue weighted by Crippen LogP contribution is 2.25. The molecule has 1 amide bonds. The molecule has 5 nitrogen and oxygen atoms in total. The molecule has 1 atom stereocenters. The maximum absolute atomic E-state index is 12.1. The van der Waals surface area contributed by atoms with Crippen LogP contribution in [0.2, 0.25) is 0 Å². The Morgan fingerprint density at radius 1 is 1.30 bits per heavy atom. The summed E-state index contributed by atoms with van der Waals surface area (Å²) in [5.41, 5.74) is 2.78. The van der Waals surface area contributed by atoms with Gasteiger partial charge in [0, 0.05) is 31.4 Å². The molecule has 0 bridgehead atoms. The van der Waals surface area contributed by atoms with E-state index in [2.05, 4.69) is 27.0 Å². The van der Waals surface area contributed by atoms with Gasteiger partial charge in [0.1, 0.15) is 11.6 Å². The highest BCUT2D eigenvalue weighted by atomic mass is 16.5. The van der Waals surface area contributed by atoms with Crippen molar-refractivity contribution in [2.24, 2.45) is 0 Å². The SMILES string of the molecule is O=C(COc1ccc2c(c1)CCC2)N[C@H]1CCc2nccn2C1. The van der Waals surface area contributed by atoms with E-state index in [9.17, 15) is 4.79 Å². The second-order valence-corrected chi connectivity index (χ2v) is 6.37. The van der Waals surface area contributed by atoms with Crippen LogP contribution in [-0.4, -0.2) is 28.1 Å². The molecule has 5 heteroatoms. The lowest BCUT2D eigenvalue weighted by Crippen LogP contribution is -2.42. The zero-order valence-corrected chi connectivity index (χ0v) is 13.1. The largest absolute Gasteiger partial charge is 0.484 e. The number of hydrogen-bond acceptors (Lipinski definition) is 3. The van der Waals surface area contributed by atoms with E-state index in [4.69, 9.17) is 4.74 Å². The normalized spacial score (nSPS) is 19.0. The van der Waals surface area contributed by atoms with Crippen molar-refractivity contribution in [2.75, 3.05) is 6.61 Å². The predicted molar refractivity (Wildman–Crippen MR) is 86.4 cm³/mol. The molecular weight excluding hydrogens is 290 g/mol. The average Bonchev–Trinajstić information content (AvgIpc) is 3.20. The number of carbonyl (C=O) groups excluding carboxylic acids is 1. The number of rotatable bonds is 4. The monoisotopic (exact) mass is 311 g/mol. The number of carbonyl (C=O) groups is 1. The summed E-state index contributed by atoms with van der Waals surface area (Å²) in [7, 11) is 0. The van der Waals surface area contributed by atoms with E-state index in [1.54, 1.807) is 0 Å². The van der Waals surface area contributed by atoms with E-state index in [0.29, 0.717) is 0 Å². The molecule has 0 saturated carbocycles. The molecule has 1 aliphatic heterocycles. The lowest BCUT2D eigenvalue weighted by atomic mass is 10.1. The van der Waals surface area contributed by atoms with Crippen LogP contribution in [-0.2, 0) is 30.6 Å². The topological polar surface area (TPSA) is 56.1 Å².